The van der Waals surface area contributed by atoms with Gasteiger partial charge in [-0.15, -0.1) is 0 Å². The first kappa shape index (κ1) is 15.7. The molecular formula is C17H17FN2O2. The first-order valence-corrected chi connectivity index (χ1v) is 6.83. The lowest BCUT2D eigenvalue weighted by molar-refractivity contribution is -0.123. The van der Waals surface area contributed by atoms with Gasteiger partial charge in [0.25, 0.3) is 5.91 Å². The first-order valence-electron chi connectivity index (χ1n) is 6.83. The van der Waals surface area contributed by atoms with Gasteiger partial charge >= 0.3 is 0 Å². The van der Waals surface area contributed by atoms with Crippen molar-refractivity contribution in [3.8, 4) is 5.75 Å². The number of nitrogens with zero attached hydrogens (tertiary/aromatic N) is 1. The van der Waals surface area contributed by atoms with Crippen LogP contribution in [0, 0.1) is 19.7 Å². The molecule has 1 amide bonds. The van der Waals surface area contributed by atoms with Gasteiger partial charge in [-0.1, -0.05) is 35.9 Å². The van der Waals surface area contributed by atoms with Gasteiger partial charge in [-0.25, -0.2) is 9.82 Å². The summed E-state index contributed by atoms with van der Waals surface area (Å²) in [6.07, 6.45) is 1.25. The zero-order chi connectivity index (χ0) is 15.9. The molecule has 0 spiro atoms. The molecule has 4 nitrogen and oxygen atoms in total. The van der Waals surface area contributed by atoms with Gasteiger partial charge in [0, 0.05) is 5.56 Å². The number of halogens is 1. The highest BCUT2D eigenvalue weighted by atomic mass is 19.1. The third-order valence-corrected chi connectivity index (χ3v) is 2.99. The first-order chi connectivity index (χ1) is 10.6. The molecule has 0 aromatic heterocycles. The second kappa shape index (κ2) is 7.36. The van der Waals surface area contributed by atoms with Crippen LogP contribution < -0.4 is 10.2 Å². The molecule has 1 N–H and O–H groups in total. The lowest BCUT2D eigenvalue weighted by Gasteiger charge is -2.08. The molecule has 0 aliphatic heterocycles. The van der Waals surface area contributed by atoms with Gasteiger partial charge in [0.1, 0.15) is 11.6 Å². The number of aryl methyl sites for hydroxylation is 2. The summed E-state index contributed by atoms with van der Waals surface area (Å²) < 4.78 is 18.8. The maximum absolute atomic E-state index is 13.3. The molecule has 0 bridgehead atoms. The minimum Gasteiger partial charge on any atom is -0.483 e. The summed E-state index contributed by atoms with van der Waals surface area (Å²) in [7, 11) is 0. The Morgan fingerprint density at radius 2 is 2.05 bits per heavy atom. The van der Waals surface area contributed by atoms with Gasteiger partial charge < -0.3 is 4.74 Å². The Bertz CT molecular complexity index is 699. The van der Waals surface area contributed by atoms with Gasteiger partial charge in [-0.05, 0) is 31.5 Å². The molecule has 0 atom stereocenters. The van der Waals surface area contributed by atoms with E-state index < -0.39 is 11.7 Å². The van der Waals surface area contributed by atoms with Gasteiger partial charge in [0.15, 0.2) is 6.61 Å². The second-order valence-corrected chi connectivity index (χ2v) is 4.87. The van der Waals surface area contributed by atoms with E-state index in [2.05, 4.69) is 10.5 Å². The van der Waals surface area contributed by atoms with Crippen LogP contribution in [-0.4, -0.2) is 18.7 Å². The van der Waals surface area contributed by atoms with Crippen LogP contribution in [0.4, 0.5) is 4.39 Å². The Balaban J connectivity index is 1.84. The SMILES string of the molecule is Cc1ccc(OCC(=O)N/N=C/c2ccccc2F)c(C)c1. The van der Waals surface area contributed by atoms with E-state index >= 15 is 0 Å². The minimum absolute atomic E-state index is 0.154. The van der Waals surface area contributed by atoms with Crippen LogP contribution in [-0.2, 0) is 4.79 Å². The van der Waals surface area contributed by atoms with E-state index in [1.54, 1.807) is 18.2 Å². The summed E-state index contributed by atoms with van der Waals surface area (Å²) in [6, 6.07) is 11.9. The van der Waals surface area contributed by atoms with E-state index in [1.165, 1.54) is 12.3 Å². The van der Waals surface area contributed by atoms with Crippen molar-refractivity contribution in [1.82, 2.24) is 5.43 Å². The molecule has 2 aromatic rings. The zero-order valence-electron chi connectivity index (χ0n) is 12.5. The van der Waals surface area contributed by atoms with Crippen LogP contribution in [0.1, 0.15) is 16.7 Å². The summed E-state index contributed by atoms with van der Waals surface area (Å²) >= 11 is 0. The quantitative estimate of drug-likeness (QED) is 0.682. The van der Waals surface area contributed by atoms with Crippen LogP contribution in [0.25, 0.3) is 0 Å². The standard InChI is InChI=1S/C17H17FN2O2/c1-12-7-8-16(13(2)9-12)22-11-17(21)20-19-10-14-5-3-4-6-15(14)18/h3-10H,11H2,1-2H3,(H,20,21)/b19-10+. The number of nitrogens with one attached hydrogen (secondary N) is 1. The maximum Gasteiger partial charge on any atom is 0.277 e. The Hall–Kier alpha value is -2.69. The van der Waals surface area contributed by atoms with Crippen LogP contribution in [0.5, 0.6) is 5.75 Å². The van der Waals surface area contributed by atoms with Crippen molar-refractivity contribution in [3.63, 3.8) is 0 Å². The fraction of sp³-hybridized carbons (Fsp3) is 0.176. The Morgan fingerprint density at radius 1 is 1.27 bits per heavy atom. The van der Waals surface area contributed by atoms with E-state index in [9.17, 15) is 9.18 Å². The summed E-state index contributed by atoms with van der Waals surface area (Å²) in [6.45, 7) is 3.75. The molecule has 114 valence electrons. The predicted octanol–water partition coefficient (Wildman–Crippen LogP) is 2.97. The van der Waals surface area contributed by atoms with E-state index in [0.717, 1.165) is 11.1 Å². The van der Waals surface area contributed by atoms with Gasteiger partial charge in [0.05, 0.1) is 6.21 Å². The molecule has 0 aliphatic rings. The highest BCUT2D eigenvalue weighted by Gasteiger charge is 2.04. The third kappa shape index (κ3) is 4.41. The number of carbonyl (C=O) groups excluding carboxylic acids is 1. The molecule has 0 saturated carbocycles. The minimum atomic E-state index is -0.410. The van der Waals surface area contributed by atoms with E-state index in [1.807, 2.05) is 32.0 Å². The summed E-state index contributed by atoms with van der Waals surface area (Å²) in [5.41, 5.74) is 4.69. The monoisotopic (exact) mass is 300 g/mol. The number of ether oxygens (including phenoxy) is 1. The molecule has 22 heavy (non-hydrogen) atoms. The number of amides is 1. The fourth-order valence-corrected chi connectivity index (χ4v) is 1.89. The Labute approximate surface area is 128 Å². The topological polar surface area (TPSA) is 50.7 Å². The molecule has 0 aliphatic carbocycles. The van der Waals surface area contributed by atoms with Gasteiger partial charge in [0.2, 0.25) is 0 Å². The van der Waals surface area contributed by atoms with Crippen LogP contribution in [0.15, 0.2) is 47.6 Å². The van der Waals surface area contributed by atoms with Crippen LogP contribution >= 0.6 is 0 Å². The van der Waals surface area contributed by atoms with Crippen LogP contribution in [0.3, 0.4) is 0 Å². The van der Waals surface area contributed by atoms with Crippen molar-refractivity contribution in [1.29, 1.82) is 0 Å². The highest BCUT2D eigenvalue weighted by molar-refractivity contribution is 5.83. The van der Waals surface area contributed by atoms with Gasteiger partial charge in [-0.2, -0.15) is 5.10 Å². The van der Waals surface area contributed by atoms with Crippen molar-refractivity contribution in [3.05, 3.63) is 65.0 Å². The maximum atomic E-state index is 13.3. The molecule has 2 aromatic carbocycles. The number of rotatable bonds is 5. The largest absolute Gasteiger partial charge is 0.483 e. The van der Waals surface area contributed by atoms with Crippen molar-refractivity contribution in [2.24, 2.45) is 5.10 Å². The van der Waals surface area contributed by atoms with E-state index in [4.69, 9.17) is 4.74 Å². The van der Waals surface area contributed by atoms with E-state index in [-0.39, 0.29) is 6.61 Å². The number of hydrogen-bond acceptors (Lipinski definition) is 3. The number of hydrazone groups is 1. The lowest BCUT2D eigenvalue weighted by Crippen LogP contribution is -2.24. The number of benzene rings is 2. The molecule has 5 heteroatoms. The Kier molecular flexibility index (Phi) is 5.25. The molecular weight excluding hydrogens is 283 g/mol. The molecule has 0 fully saturated rings. The molecule has 0 saturated heterocycles. The highest BCUT2D eigenvalue weighted by Crippen LogP contribution is 2.18. The number of hydrogen-bond donors (Lipinski definition) is 1. The third-order valence-electron chi connectivity index (χ3n) is 2.99. The predicted molar refractivity (Wildman–Crippen MR) is 83.5 cm³/mol. The van der Waals surface area contributed by atoms with Crippen molar-refractivity contribution >= 4 is 12.1 Å². The normalized spacial score (nSPS) is 10.7. The molecule has 2 rings (SSSR count). The Morgan fingerprint density at radius 3 is 2.77 bits per heavy atom. The summed E-state index contributed by atoms with van der Waals surface area (Å²) in [5.74, 6) is -0.154. The average Bonchev–Trinajstić information content (AvgIpc) is 2.48. The number of carbonyl (C=O) groups is 1. The molecule has 0 unspecified atom stereocenters. The summed E-state index contributed by atoms with van der Waals surface area (Å²) in [5, 5.41) is 3.71. The van der Waals surface area contributed by atoms with Crippen LogP contribution in [0.2, 0.25) is 0 Å². The average molecular weight is 300 g/mol. The zero-order valence-corrected chi connectivity index (χ0v) is 12.5. The smallest absolute Gasteiger partial charge is 0.277 e. The molecule has 0 radical (unpaired) electrons. The van der Waals surface area contributed by atoms with Crippen molar-refractivity contribution in [2.75, 3.05) is 6.61 Å². The van der Waals surface area contributed by atoms with Crippen molar-refractivity contribution < 1.29 is 13.9 Å². The molecule has 0 heterocycles. The van der Waals surface area contributed by atoms with Crippen molar-refractivity contribution in [2.45, 2.75) is 13.8 Å². The second-order valence-electron chi connectivity index (χ2n) is 4.87. The van der Waals surface area contributed by atoms with Gasteiger partial charge in [-0.3, -0.25) is 4.79 Å². The van der Waals surface area contributed by atoms with E-state index in [0.29, 0.717) is 11.3 Å². The lowest BCUT2D eigenvalue weighted by atomic mass is 10.1. The fourth-order valence-electron chi connectivity index (χ4n) is 1.89. The summed E-state index contributed by atoms with van der Waals surface area (Å²) in [4.78, 5) is 11.6.